The summed E-state index contributed by atoms with van der Waals surface area (Å²) in [6, 6.07) is 8.70. The van der Waals surface area contributed by atoms with Crippen LogP contribution in [0.4, 0.5) is 0 Å². The predicted molar refractivity (Wildman–Crippen MR) is 80.4 cm³/mol. The summed E-state index contributed by atoms with van der Waals surface area (Å²) >= 11 is 0. The molecule has 18 heavy (non-hydrogen) atoms. The Morgan fingerprint density at radius 2 is 1.83 bits per heavy atom. The highest BCUT2D eigenvalue weighted by Crippen LogP contribution is 2.17. The fraction of sp³-hybridized carbons (Fsp3) is 0.600. The maximum atomic E-state index is 12.2. The topological polar surface area (TPSA) is 29.1 Å². The summed E-state index contributed by atoms with van der Waals surface area (Å²) < 4.78 is 12.2. The summed E-state index contributed by atoms with van der Waals surface area (Å²) in [5, 5.41) is 3.71. The number of aryl methyl sites for hydroxylation is 1. The molecular weight excluding hydrogens is 242 g/mol. The van der Waals surface area contributed by atoms with Crippen molar-refractivity contribution < 1.29 is 4.21 Å². The Morgan fingerprint density at radius 1 is 1.22 bits per heavy atom. The summed E-state index contributed by atoms with van der Waals surface area (Å²) in [5.41, 5.74) is 2.50. The van der Waals surface area contributed by atoms with E-state index in [0.29, 0.717) is 5.75 Å². The zero-order valence-corrected chi connectivity index (χ0v) is 12.7. The van der Waals surface area contributed by atoms with Gasteiger partial charge < -0.3 is 5.32 Å². The fourth-order valence-corrected chi connectivity index (χ4v) is 3.17. The lowest BCUT2D eigenvalue weighted by Crippen LogP contribution is -2.28. The van der Waals surface area contributed by atoms with Crippen LogP contribution in [0.25, 0.3) is 0 Å². The van der Waals surface area contributed by atoms with Gasteiger partial charge in [-0.1, -0.05) is 50.6 Å². The first-order valence-electron chi connectivity index (χ1n) is 6.75. The molecule has 102 valence electrons. The van der Waals surface area contributed by atoms with Crippen LogP contribution in [0.3, 0.4) is 0 Å². The van der Waals surface area contributed by atoms with Gasteiger partial charge in [-0.3, -0.25) is 4.21 Å². The zero-order valence-electron chi connectivity index (χ0n) is 11.9. The molecular formula is C15H25NOS. The van der Waals surface area contributed by atoms with Crippen molar-refractivity contribution in [3.05, 3.63) is 35.4 Å². The average molecular weight is 267 g/mol. The molecule has 0 aliphatic rings. The normalized spacial score (nSPS) is 16.2. The Kier molecular flexibility index (Phi) is 6.58. The lowest BCUT2D eigenvalue weighted by atomic mass is 10.1. The van der Waals surface area contributed by atoms with Crippen LogP contribution < -0.4 is 5.32 Å². The third-order valence-electron chi connectivity index (χ3n) is 3.28. The number of hydrogen-bond acceptors (Lipinski definition) is 2. The van der Waals surface area contributed by atoms with Gasteiger partial charge in [-0.05, 0) is 25.5 Å². The molecule has 0 amide bonds. The van der Waals surface area contributed by atoms with E-state index >= 15 is 0 Å². The standard InChI is InChI=1S/C15H25NOS/c1-5-13(4)18(17)11-15(16-6-2)14-9-7-12(3)8-10-14/h7-10,13,15-16H,5-6,11H2,1-4H3. The van der Waals surface area contributed by atoms with Crippen molar-refractivity contribution in [2.75, 3.05) is 12.3 Å². The van der Waals surface area contributed by atoms with Crippen LogP contribution in [-0.2, 0) is 10.8 Å². The Hall–Kier alpha value is -0.670. The molecule has 3 heteroatoms. The summed E-state index contributed by atoms with van der Waals surface area (Å²) in [4.78, 5) is 0. The Bertz CT molecular complexity index is 375. The number of nitrogens with one attached hydrogen (secondary N) is 1. The lowest BCUT2D eigenvalue weighted by molar-refractivity contribution is 0.590. The van der Waals surface area contributed by atoms with Crippen LogP contribution in [0.1, 0.15) is 44.4 Å². The molecule has 0 aliphatic carbocycles. The first kappa shape index (κ1) is 15.4. The molecule has 0 saturated heterocycles. The molecule has 0 radical (unpaired) electrons. The largest absolute Gasteiger partial charge is 0.309 e. The number of rotatable bonds is 7. The second kappa shape index (κ2) is 7.70. The van der Waals surface area contributed by atoms with Crippen molar-refractivity contribution in [1.29, 1.82) is 0 Å². The molecule has 1 aromatic carbocycles. The van der Waals surface area contributed by atoms with Crippen LogP contribution in [0.5, 0.6) is 0 Å². The summed E-state index contributed by atoms with van der Waals surface area (Å²) in [6.07, 6.45) is 0.972. The van der Waals surface area contributed by atoms with Crippen molar-refractivity contribution in [2.24, 2.45) is 0 Å². The van der Waals surface area contributed by atoms with Crippen molar-refractivity contribution in [3.63, 3.8) is 0 Å². The molecule has 0 aromatic heterocycles. The quantitative estimate of drug-likeness (QED) is 0.822. The molecule has 3 atom stereocenters. The van der Waals surface area contributed by atoms with E-state index in [1.165, 1.54) is 11.1 Å². The minimum atomic E-state index is -0.765. The predicted octanol–water partition coefficient (Wildman–Crippen LogP) is 3.19. The molecule has 1 aromatic rings. The first-order chi connectivity index (χ1) is 8.58. The Morgan fingerprint density at radius 3 is 2.33 bits per heavy atom. The zero-order chi connectivity index (χ0) is 13.5. The van der Waals surface area contributed by atoms with E-state index < -0.39 is 10.8 Å². The molecule has 0 spiro atoms. The minimum absolute atomic E-state index is 0.199. The van der Waals surface area contributed by atoms with Crippen LogP contribution in [0.15, 0.2) is 24.3 Å². The van der Waals surface area contributed by atoms with Gasteiger partial charge in [0, 0.05) is 27.8 Å². The van der Waals surface area contributed by atoms with Gasteiger partial charge in [0.15, 0.2) is 0 Å². The third kappa shape index (κ3) is 4.54. The van der Waals surface area contributed by atoms with E-state index in [-0.39, 0.29) is 11.3 Å². The minimum Gasteiger partial charge on any atom is -0.309 e. The smallest absolute Gasteiger partial charge is 0.0436 e. The molecule has 3 unspecified atom stereocenters. The highest BCUT2D eigenvalue weighted by atomic mass is 32.2. The molecule has 0 aliphatic heterocycles. The van der Waals surface area contributed by atoms with E-state index in [4.69, 9.17) is 0 Å². The van der Waals surface area contributed by atoms with E-state index in [1.807, 2.05) is 0 Å². The Labute approximate surface area is 114 Å². The van der Waals surface area contributed by atoms with Crippen molar-refractivity contribution in [3.8, 4) is 0 Å². The van der Waals surface area contributed by atoms with Crippen LogP contribution >= 0.6 is 0 Å². The van der Waals surface area contributed by atoms with Crippen LogP contribution in [-0.4, -0.2) is 21.8 Å². The second-order valence-corrected chi connectivity index (χ2v) is 6.69. The van der Waals surface area contributed by atoms with Gasteiger partial charge in [-0.25, -0.2) is 0 Å². The summed E-state index contributed by atoms with van der Waals surface area (Å²) in [7, 11) is -0.765. The maximum Gasteiger partial charge on any atom is 0.0436 e. The van der Waals surface area contributed by atoms with E-state index in [2.05, 4.69) is 57.3 Å². The summed E-state index contributed by atoms with van der Waals surface area (Å²) in [6.45, 7) is 9.23. The first-order valence-corrected chi connectivity index (χ1v) is 8.13. The van der Waals surface area contributed by atoms with Crippen molar-refractivity contribution >= 4 is 10.8 Å². The van der Waals surface area contributed by atoms with Gasteiger partial charge in [0.05, 0.1) is 0 Å². The molecule has 1 rings (SSSR count). The molecule has 0 bridgehead atoms. The monoisotopic (exact) mass is 267 g/mol. The van der Waals surface area contributed by atoms with Gasteiger partial charge in [0.1, 0.15) is 0 Å². The van der Waals surface area contributed by atoms with Crippen LogP contribution in [0, 0.1) is 6.92 Å². The summed E-state index contributed by atoms with van der Waals surface area (Å²) in [5.74, 6) is 0.700. The Balaban J connectivity index is 2.76. The van der Waals surface area contributed by atoms with Crippen LogP contribution in [0.2, 0.25) is 0 Å². The highest BCUT2D eigenvalue weighted by Gasteiger charge is 2.17. The van der Waals surface area contributed by atoms with E-state index in [9.17, 15) is 4.21 Å². The SMILES string of the molecule is CCNC(CS(=O)C(C)CC)c1ccc(C)cc1. The second-order valence-electron chi connectivity index (χ2n) is 4.79. The molecule has 0 saturated carbocycles. The van der Waals surface area contributed by atoms with Crippen molar-refractivity contribution in [2.45, 2.75) is 45.4 Å². The van der Waals surface area contributed by atoms with E-state index in [1.54, 1.807) is 0 Å². The van der Waals surface area contributed by atoms with Crippen molar-refractivity contribution in [1.82, 2.24) is 5.32 Å². The average Bonchev–Trinajstić information content (AvgIpc) is 2.38. The van der Waals surface area contributed by atoms with Gasteiger partial charge >= 0.3 is 0 Å². The van der Waals surface area contributed by atoms with Gasteiger partial charge in [0.25, 0.3) is 0 Å². The van der Waals surface area contributed by atoms with E-state index in [0.717, 1.165) is 13.0 Å². The molecule has 1 N–H and O–H groups in total. The molecule has 0 heterocycles. The molecule has 0 fully saturated rings. The highest BCUT2D eigenvalue weighted by molar-refractivity contribution is 7.85. The number of benzene rings is 1. The molecule has 2 nitrogen and oxygen atoms in total. The lowest BCUT2D eigenvalue weighted by Gasteiger charge is -2.20. The number of hydrogen-bond donors (Lipinski definition) is 1. The third-order valence-corrected chi connectivity index (χ3v) is 5.18. The fourth-order valence-electron chi connectivity index (χ4n) is 1.83. The maximum absolute atomic E-state index is 12.2. The van der Waals surface area contributed by atoms with Gasteiger partial charge in [-0.2, -0.15) is 0 Å². The van der Waals surface area contributed by atoms with Gasteiger partial charge in [-0.15, -0.1) is 0 Å². The van der Waals surface area contributed by atoms with Gasteiger partial charge in [0.2, 0.25) is 0 Å².